The van der Waals surface area contributed by atoms with Crippen molar-refractivity contribution in [2.45, 2.75) is 13.5 Å². The van der Waals surface area contributed by atoms with Crippen LogP contribution in [0.5, 0.6) is 0 Å². The number of rotatable bonds is 3. The van der Waals surface area contributed by atoms with Crippen LogP contribution in [-0.4, -0.2) is 9.97 Å². The second-order valence-corrected chi connectivity index (χ2v) is 4.77. The molecule has 0 aliphatic heterocycles. The number of nitrogens with one attached hydrogen (secondary N) is 1. The molecule has 3 nitrogen and oxygen atoms in total. The highest BCUT2D eigenvalue weighted by Crippen LogP contribution is 2.14. The fraction of sp³-hybridized carbons (Fsp3) is 0.200. The summed E-state index contributed by atoms with van der Waals surface area (Å²) in [4.78, 5) is 9.59. The molecule has 1 N–H and O–H groups in total. The van der Waals surface area contributed by atoms with Crippen molar-refractivity contribution >= 4 is 28.8 Å². The number of hydrogen-bond acceptors (Lipinski definition) is 4. The van der Waals surface area contributed by atoms with E-state index in [0.717, 1.165) is 10.8 Å². The number of anilines is 1. The Labute approximate surface area is 97.2 Å². The Bertz CT molecular complexity index is 455. The maximum Gasteiger partial charge on any atom is 0.131 e. The van der Waals surface area contributed by atoms with Crippen LogP contribution in [0.1, 0.15) is 9.88 Å². The van der Waals surface area contributed by atoms with E-state index in [-0.39, 0.29) is 0 Å². The van der Waals surface area contributed by atoms with Gasteiger partial charge in [-0.2, -0.15) is 0 Å². The SMILES string of the molecule is Cc1cnc(CNc2cccc(Cl)n2)s1. The zero-order valence-corrected chi connectivity index (χ0v) is 9.77. The van der Waals surface area contributed by atoms with Crippen molar-refractivity contribution in [3.63, 3.8) is 0 Å². The van der Waals surface area contributed by atoms with Gasteiger partial charge in [0.15, 0.2) is 0 Å². The summed E-state index contributed by atoms with van der Waals surface area (Å²) in [6.07, 6.45) is 1.87. The van der Waals surface area contributed by atoms with Crippen LogP contribution in [0.2, 0.25) is 5.15 Å². The number of pyridine rings is 1. The van der Waals surface area contributed by atoms with Gasteiger partial charge in [0.1, 0.15) is 16.0 Å². The lowest BCUT2D eigenvalue weighted by atomic mass is 10.4. The van der Waals surface area contributed by atoms with Crippen LogP contribution in [0, 0.1) is 6.92 Å². The van der Waals surface area contributed by atoms with Crippen LogP contribution in [0.4, 0.5) is 5.82 Å². The minimum atomic E-state index is 0.496. The van der Waals surface area contributed by atoms with Crippen molar-refractivity contribution in [2.24, 2.45) is 0 Å². The molecular formula is C10H10ClN3S. The van der Waals surface area contributed by atoms with E-state index in [1.807, 2.05) is 25.3 Å². The van der Waals surface area contributed by atoms with Crippen LogP contribution in [0.3, 0.4) is 0 Å². The van der Waals surface area contributed by atoms with Gasteiger partial charge in [-0.25, -0.2) is 9.97 Å². The second kappa shape index (κ2) is 4.59. The quantitative estimate of drug-likeness (QED) is 0.837. The Morgan fingerprint density at radius 1 is 1.47 bits per heavy atom. The van der Waals surface area contributed by atoms with Crippen LogP contribution in [-0.2, 0) is 6.54 Å². The maximum absolute atomic E-state index is 5.77. The first-order valence-corrected chi connectivity index (χ1v) is 5.71. The molecule has 0 radical (unpaired) electrons. The van der Waals surface area contributed by atoms with E-state index in [9.17, 15) is 0 Å². The van der Waals surface area contributed by atoms with E-state index in [1.54, 1.807) is 17.4 Å². The molecule has 0 fully saturated rings. The van der Waals surface area contributed by atoms with Gasteiger partial charge in [0.25, 0.3) is 0 Å². The zero-order valence-electron chi connectivity index (χ0n) is 8.20. The summed E-state index contributed by atoms with van der Waals surface area (Å²) >= 11 is 7.44. The number of hydrogen-bond donors (Lipinski definition) is 1. The molecule has 0 aliphatic carbocycles. The fourth-order valence-corrected chi connectivity index (χ4v) is 2.05. The highest BCUT2D eigenvalue weighted by Gasteiger charge is 1.99. The summed E-state index contributed by atoms with van der Waals surface area (Å²) < 4.78 is 0. The normalized spacial score (nSPS) is 10.3. The molecule has 2 aromatic rings. The van der Waals surface area contributed by atoms with Crippen molar-refractivity contribution < 1.29 is 0 Å². The second-order valence-electron chi connectivity index (χ2n) is 3.06. The highest BCUT2D eigenvalue weighted by molar-refractivity contribution is 7.11. The smallest absolute Gasteiger partial charge is 0.131 e. The zero-order chi connectivity index (χ0) is 10.7. The van der Waals surface area contributed by atoms with Crippen LogP contribution >= 0.6 is 22.9 Å². The molecule has 0 unspecified atom stereocenters. The first-order valence-electron chi connectivity index (χ1n) is 4.52. The number of nitrogens with zero attached hydrogens (tertiary/aromatic N) is 2. The van der Waals surface area contributed by atoms with E-state index in [4.69, 9.17) is 11.6 Å². The van der Waals surface area contributed by atoms with Gasteiger partial charge < -0.3 is 5.32 Å². The predicted octanol–water partition coefficient (Wildman–Crippen LogP) is 3.11. The average Bonchev–Trinajstić information content (AvgIpc) is 2.62. The molecule has 0 amide bonds. The molecular weight excluding hydrogens is 230 g/mol. The van der Waals surface area contributed by atoms with Gasteiger partial charge in [0.05, 0.1) is 6.54 Å². The molecule has 0 aliphatic rings. The molecule has 78 valence electrons. The van der Waals surface area contributed by atoms with Crippen LogP contribution in [0.15, 0.2) is 24.4 Å². The van der Waals surface area contributed by atoms with Crippen molar-refractivity contribution in [1.29, 1.82) is 0 Å². The van der Waals surface area contributed by atoms with E-state index < -0.39 is 0 Å². The Morgan fingerprint density at radius 2 is 2.33 bits per heavy atom. The molecule has 2 rings (SSSR count). The molecule has 2 aromatic heterocycles. The van der Waals surface area contributed by atoms with Gasteiger partial charge in [0.2, 0.25) is 0 Å². The lowest BCUT2D eigenvalue weighted by Gasteiger charge is -2.02. The van der Waals surface area contributed by atoms with E-state index in [1.165, 1.54) is 4.88 Å². The summed E-state index contributed by atoms with van der Waals surface area (Å²) in [5.74, 6) is 0.773. The molecule has 0 aromatic carbocycles. The largest absolute Gasteiger partial charge is 0.364 e. The summed E-state index contributed by atoms with van der Waals surface area (Å²) in [5.41, 5.74) is 0. The third-order valence-electron chi connectivity index (χ3n) is 1.80. The lowest BCUT2D eigenvalue weighted by Crippen LogP contribution is -2.00. The fourth-order valence-electron chi connectivity index (χ4n) is 1.16. The van der Waals surface area contributed by atoms with Gasteiger partial charge in [0, 0.05) is 11.1 Å². The molecule has 15 heavy (non-hydrogen) atoms. The monoisotopic (exact) mass is 239 g/mol. The summed E-state index contributed by atoms with van der Waals surface area (Å²) in [6.45, 7) is 2.73. The highest BCUT2D eigenvalue weighted by atomic mass is 35.5. The first kappa shape index (κ1) is 10.4. The van der Waals surface area contributed by atoms with E-state index >= 15 is 0 Å². The van der Waals surface area contributed by atoms with Crippen molar-refractivity contribution in [3.05, 3.63) is 39.4 Å². The molecule has 0 bridgehead atoms. The van der Waals surface area contributed by atoms with Crippen LogP contribution < -0.4 is 5.32 Å². The number of aryl methyl sites for hydroxylation is 1. The third-order valence-corrected chi connectivity index (χ3v) is 2.93. The molecule has 5 heteroatoms. The molecule has 0 atom stereocenters. The Balaban J connectivity index is 1.99. The first-order chi connectivity index (χ1) is 7.24. The topological polar surface area (TPSA) is 37.8 Å². The molecule has 2 heterocycles. The van der Waals surface area contributed by atoms with Gasteiger partial charge in [-0.3, -0.25) is 0 Å². The predicted molar refractivity (Wildman–Crippen MR) is 63.4 cm³/mol. The summed E-state index contributed by atoms with van der Waals surface area (Å²) in [6, 6.07) is 5.50. The average molecular weight is 240 g/mol. The number of thiazole rings is 1. The van der Waals surface area contributed by atoms with Crippen LogP contribution in [0.25, 0.3) is 0 Å². The Kier molecular flexibility index (Phi) is 3.18. The lowest BCUT2D eigenvalue weighted by molar-refractivity contribution is 1.08. The third kappa shape index (κ3) is 2.91. The maximum atomic E-state index is 5.77. The minimum absolute atomic E-state index is 0.496. The van der Waals surface area contributed by atoms with Crippen molar-refractivity contribution in [1.82, 2.24) is 9.97 Å². The molecule has 0 saturated carbocycles. The van der Waals surface area contributed by atoms with Gasteiger partial charge >= 0.3 is 0 Å². The van der Waals surface area contributed by atoms with Gasteiger partial charge in [-0.1, -0.05) is 17.7 Å². The summed E-state index contributed by atoms with van der Waals surface area (Å²) in [5, 5.41) is 4.71. The number of aromatic nitrogens is 2. The van der Waals surface area contributed by atoms with Crippen molar-refractivity contribution in [3.8, 4) is 0 Å². The Morgan fingerprint density at radius 3 is 3.00 bits per heavy atom. The van der Waals surface area contributed by atoms with Gasteiger partial charge in [-0.05, 0) is 19.1 Å². The Hall–Kier alpha value is -1.13. The van der Waals surface area contributed by atoms with Gasteiger partial charge in [-0.15, -0.1) is 11.3 Å². The van der Waals surface area contributed by atoms with Crippen molar-refractivity contribution in [2.75, 3.05) is 5.32 Å². The minimum Gasteiger partial charge on any atom is -0.364 e. The summed E-state index contributed by atoms with van der Waals surface area (Å²) in [7, 11) is 0. The number of halogens is 1. The van der Waals surface area contributed by atoms with E-state index in [0.29, 0.717) is 11.7 Å². The standard InChI is InChI=1S/C10H10ClN3S/c1-7-5-13-10(15-7)6-12-9-4-2-3-8(11)14-9/h2-5H,6H2,1H3,(H,12,14). The van der Waals surface area contributed by atoms with E-state index in [2.05, 4.69) is 15.3 Å². The molecule has 0 saturated heterocycles. The molecule has 0 spiro atoms.